The molecule has 0 unspecified atom stereocenters. The van der Waals surface area contributed by atoms with E-state index in [1.807, 2.05) is 32.0 Å². The van der Waals surface area contributed by atoms with Gasteiger partial charge in [0.05, 0.1) is 0 Å². The predicted octanol–water partition coefficient (Wildman–Crippen LogP) is -0.208. The second-order valence-corrected chi connectivity index (χ2v) is 2.39. The average molecular weight is 169 g/mol. The maximum Gasteiger partial charge on any atom is 0.388 e. The molecular formula is C8H9ClN2. The summed E-state index contributed by atoms with van der Waals surface area (Å²) < 4.78 is 0. The molecule has 58 valence electrons. The lowest BCUT2D eigenvalue weighted by Crippen LogP contribution is -3.00. The zero-order valence-electron chi connectivity index (χ0n) is 6.50. The van der Waals surface area contributed by atoms with Crippen LogP contribution in [0.15, 0.2) is 18.2 Å². The summed E-state index contributed by atoms with van der Waals surface area (Å²) in [4.78, 5) is 3.13. The van der Waals surface area contributed by atoms with E-state index in [0.717, 1.165) is 11.1 Å². The van der Waals surface area contributed by atoms with Gasteiger partial charge in [-0.1, -0.05) is 12.1 Å². The van der Waals surface area contributed by atoms with Crippen LogP contribution in [0.3, 0.4) is 0 Å². The van der Waals surface area contributed by atoms with E-state index in [1.54, 1.807) is 0 Å². The number of hydrogen-bond donors (Lipinski definition) is 0. The fourth-order valence-corrected chi connectivity index (χ4v) is 0.827. The van der Waals surface area contributed by atoms with Gasteiger partial charge in [-0.3, -0.25) is 0 Å². The summed E-state index contributed by atoms with van der Waals surface area (Å²) in [7, 11) is 0. The highest BCUT2D eigenvalue weighted by Gasteiger charge is 2.07. The summed E-state index contributed by atoms with van der Waals surface area (Å²) in [5.74, 6) is 0. The van der Waals surface area contributed by atoms with Crippen molar-refractivity contribution in [3.05, 3.63) is 34.3 Å². The van der Waals surface area contributed by atoms with Crippen LogP contribution in [-0.2, 0) is 0 Å². The summed E-state index contributed by atoms with van der Waals surface area (Å²) >= 11 is 0. The molecule has 0 heterocycles. The highest BCUT2D eigenvalue weighted by molar-refractivity contribution is 5.52. The molecular weight excluding hydrogens is 160 g/mol. The predicted molar refractivity (Wildman–Crippen MR) is 40.7 cm³/mol. The average Bonchev–Trinajstić information content (AvgIpc) is 1.94. The van der Waals surface area contributed by atoms with Gasteiger partial charge in [0, 0.05) is 11.6 Å². The van der Waals surface area contributed by atoms with Gasteiger partial charge in [-0.15, -0.1) is 0 Å². The van der Waals surface area contributed by atoms with Gasteiger partial charge in [0.25, 0.3) is 0 Å². The van der Waals surface area contributed by atoms with Gasteiger partial charge >= 0.3 is 5.69 Å². The third-order valence-electron chi connectivity index (χ3n) is 1.47. The van der Waals surface area contributed by atoms with Crippen molar-refractivity contribution in [3.63, 3.8) is 0 Å². The summed E-state index contributed by atoms with van der Waals surface area (Å²) in [6.07, 6.45) is 0. The first-order valence-electron chi connectivity index (χ1n) is 3.16. The fraction of sp³-hybridized carbons (Fsp3) is 0.250. The molecule has 0 N–H and O–H groups in total. The maximum atomic E-state index is 8.47. The molecule has 1 aromatic carbocycles. The first-order chi connectivity index (χ1) is 4.74. The first kappa shape index (κ1) is 9.93. The third kappa shape index (κ3) is 2.21. The van der Waals surface area contributed by atoms with E-state index in [2.05, 4.69) is 4.98 Å². The minimum atomic E-state index is 0. The lowest BCUT2D eigenvalue weighted by atomic mass is 10.1. The van der Waals surface area contributed by atoms with Crippen molar-refractivity contribution in [3.8, 4) is 0 Å². The van der Waals surface area contributed by atoms with Crippen LogP contribution in [0, 0.1) is 19.2 Å². The summed E-state index contributed by atoms with van der Waals surface area (Å²) in [5, 5.41) is 8.47. The number of halogens is 1. The highest BCUT2D eigenvalue weighted by Crippen LogP contribution is 2.18. The fourth-order valence-electron chi connectivity index (χ4n) is 0.827. The first-order valence-corrected chi connectivity index (χ1v) is 3.16. The Bertz CT molecular complexity index is 289. The Labute approximate surface area is 72.3 Å². The monoisotopic (exact) mass is 168 g/mol. The molecule has 0 atom stereocenters. The molecule has 0 radical (unpaired) electrons. The van der Waals surface area contributed by atoms with E-state index in [4.69, 9.17) is 5.39 Å². The van der Waals surface area contributed by atoms with Crippen LogP contribution in [0.2, 0.25) is 0 Å². The van der Waals surface area contributed by atoms with Crippen molar-refractivity contribution in [1.29, 1.82) is 5.39 Å². The van der Waals surface area contributed by atoms with Gasteiger partial charge in [-0.25, -0.2) is 0 Å². The van der Waals surface area contributed by atoms with Gasteiger partial charge in [-0.2, -0.15) is 0 Å². The summed E-state index contributed by atoms with van der Waals surface area (Å²) in [6, 6.07) is 5.77. The van der Waals surface area contributed by atoms with E-state index >= 15 is 0 Å². The largest absolute Gasteiger partial charge is 1.00 e. The molecule has 0 saturated heterocycles. The van der Waals surface area contributed by atoms with Crippen molar-refractivity contribution in [2.75, 3.05) is 0 Å². The molecule has 0 saturated carbocycles. The zero-order chi connectivity index (χ0) is 7.56. The molecule has 0 bridgehead atoms. The molecule has 0 spiro atoms. The molecule has 0 aliphatic heterocycles. The van der Waals surface area contributed by atoms with E-state index in [0.29, 0.717) is 5.69 Å². The smallest absolute Gasteiger partial charge is 0.388 e. The Morgan fingerprint density at radius 3 is 2.36 bits per heavy atom. The van der Waals surface area contributed by atoms with E-state index < -0.39 is 0 Å². The molecule has 2 nitrogen and oxygen atoms in total. The molecule has 11 heavy (non-hydrogen) atoms. The Balaban J connectivity index is 0.000001000. The highest BCUT2D eigenvalue weighted by atomic mass is 35.5. The van der Waals surface area contributed by atoms with Crippen LogP contribution in [0.5, 0.6) is 0 Å². The quantitative estimate of drug-likeness (QED) is 0.493. The van der Waals surface area contributed by atoms with Crippen LogP contribution in [-0.4, -0.2) is 0 Å². The molecule has 1 rings (SSSR count). The lowest BCUT2D eigenvalue weighted by Gasteiger charge is -1.87. The molecule has 0 aliphatic rings. The number of rotatable bonds is 0. The Hall–Kier alpha value is -1.07. The standard InChI is InChI=1S/C8H9N2.ClH/c1-6-3-4-7(2)8(5-6)10-9;/h3-5H,1-2H3;1H/q+1;/p-1. The number of aryl methyl sites for hydroxylation is 2. The third-order valence-corrected chi connectivity index (χ3v) is 1.47. The molecule has 0 aromatic heterocycles. The second kappa shape index (κ2) is 3.95. The van der Waals surface area contributed by atoms with Gasteiger partial charge < -0.3 is 12.4 Å². The Morgan fingerprint density at radius 2 is 1.91 bits per heavy atom. The maximum absolute atomic E-state index is 8.47. The van der Waals surface area contributed by atoms with Crippen molar-refractivity contribution < 1.29 is 12.4 Å². The second-order valence-electron chi connectivity index (χ2n) is 2.39. The SMILES string of the molecule is Cc1ccc(C)c([N+]#N)c1.[Cl-]. The van der Waals surface area contributed by atoms with Crippen LogP contribution < -0.4 is 12.4 Å². The normalized spacial score (nSPS) is 8.09. The minimum absolute atomic E-state index is 0. The van der Waals surface area contributed by atoms with Crippen molar-refractivity contribution in [2.24, 2.45) is 0 Å². The molecule has 0 fully saturated rings. The van der Waals surface area contributed by atoms with Crippen molar-refractivity contribution in [2.45, 2.75) is 13.8 Å². The van der Waals surface area contributed by atoms with E-state index in [9.17, 15) is 0 Å². The molecule has 0 aliphatic carbocycles. The number of hydrogen-bond acceptors (Lipinski definition) is 1. The number of benzene rings is 1. The van der Waals surface area contributed by atoms with Crippen LogP contribution in [0.4, 0.5) is 5.69 Å². The van der Waals surface area contributed by atoms with Crippen LogP contribution in [0.25, 0.3) is 4.98 Å². The molecule has 0 amide bonds. The molecule has 1 aromatic rings. The lowest BCUT2D eigenvalue weighted by molar-refractivity contribution is -0.00000243. The molecule has 3 heteroatoms. The van der Waals surface area contributed by atoms with Crippen LogP contribution >= 0.6 is 0 Å². The number of diazo groups is 1. The van der Waals surface area contributed by atoms with Gasteiger partial charge in [-0.05, 0) is 19.4 Å². The van der Waals surface area contributed by atoms with Crippen molar-refractivity contribution in [1.82, 2.24) is 0 Å². The van der Waals surface area contributed by atoms with Gasteiger partial charge in [0.2, 0.25) is 5.39 Å². The van der Waals surface area contributed by atoms with Crippen LogP contribution in [0.1, 0.15) is 11.1 Å². The topological polar surface area (TPSA) is 28.1 Å². The Morgan fingerprint density at radius 1 is 1.27 bits per heavy atom. The van der Waals surface area contributed by atoms with Crippen molar-refractivity contribution >= 4 is 5.69 Å². The number of nitrogens with zero attached hydrogens (tertiary/aromatic N) is 2. The zero-order valence-corrected chi connectivity index (χ0v) is 7.26. The summed E-state index contributed by atoms with van der Waals surface area (Å²) in [5.41, 5.74) is 2.76. The van der Waals surface area contributed by atoms with E-state index in [1.165, 1.54) is 0 Å². The van der Waals surface area contributed by atoms with E-state index in [-0.39, 0.29) is 12.4 Å². The minimum Gasteiger partial charge on any atom is -1.00 e. The Kier molecular flexibility index (Phi) is 3.56. The van der Waals surface area contributed by atoms with Gasteiger partial charge in [0.15, 0.2) is 4.98 Å². The van der Waals surface area contributed by atoms with Gasteiger partial charge in [0.1, 0.15) is 0 Å². The summed E-state index contributed by atoms with van der Waals surface area (Å²) in [6.45, 7) is 3.88.